The fourth-order valence-corrected chi connectivity index (χ4v) is 4.68. The Morgan fingerprint density at radius 2 is 2.21 bits per heavy atom. The van der Waals surface area contributed by atoms with Gasteiger partial charge >= 0.3 is 12.0 Å². The molecule has 2 atom stereocenters. The third-order valence-corrected chi connectivity index (χ3v) is 6.42. The number of rotatable bonds is 4. The molecule has 0 unspecified atom stereocenters. The zero-order valence-electron chi connectivity index (χ0n) is 15.3. The van der Waals surface area contributed by atoms with Crippen LogP contribution in [0.3, 0.4) is 0 Å². The molecule has 2 aliphatic rings. The van der Waals surface area contributed by atoms with Crippen molar-refractivity contribution in [2.75, 3.05) is 6.54 Å². The summed E-state index contributed by atoms with van der Waals surface area (Å²) in [6.45, 7) is 1.23. The van der Waals surface area contributed by atoms with Gasteiger partial charge in [0, 0.05) is 0 Å². The number of esters is 1. The van der Waals surface area contributed by atoms with Crippen LogP contribution in [0.15, 0.2) is 16.2 Å². The van der Waals surface area contributed by atoms with Gasteiger partial charge < -0.3 is 15.0 Å². The first-order valence-electron chi connectivity index (χ1n) is 9.17. The topological polar surface area (TPSA) is 121 Å². The molecule has 1 spiro atoms. The molecule has 2 fully saturated rings. The molecule has 3 heterocycles. The maximum atomic E-state index is 12.9. The molecule has 10 heteroatoms. The molecule has 3 amide bonds. The van der Waals surface area contributed by atoms with Gasteiger partial charge in [-0.1, -0.05) is 19.8 Å². The molecule has 2 aromatic rings. The zero-order valence-corrected chi connectivity index (χ0v) is 16.1. The number of carbonyl (C=O) groups excluding carboxylic acids is 3. The van der Waals surface area contributed by atoms with Crippen molar-refractivity contribution in [2.24, 2.45) is 5.92 Å². The van der Waals surface area contributed by atoms with Gasteiger partial charge in [-0.15, -0.1) is 11.3 Å². The van der Waals surface area contributed by atoms with E-state index in [-0.39, 0.29) is 29.8 Å². The molecule has 9 nitrogen and oxygen atoms in total. The van der Waals surface area contributed by atoms with Gasteiger partial charge in [0.2, 0.25) is 0 Å². The maximum absolute atomic E-state index is 12.9. The highest BCUT2D eigenvalue weighted by Gasteiger charge is 2.55. The molecular formula is C18H20N4O5S. The van der Waals surface area contributed by atoms with Crippen molar-refractivity contribution in [1.82, 2.24) is 20.2 Å². The number of hydrogen-bond donors (Lipinski definition) is 2. The largest absolute Gasteiger partial charge is 0.456 e. The van der Waals surface area contributed by atoms with Crippen LogP contribution in [0.2, 0.25) is 0 Å². The molecule has 0 aromatic carbocycles. The van der Waals surface area contributed by atoms with Crippen LogP contribution in [0, 0.1) is 5.92 Å². The minimum Gasteiger partial charge on any atom is -0.456 e. The van der Waals surface area contributed by atoms with Crippen LogP contribution >= 0.6 is 11.3 Å². The third-order valence-electron chi connectivity index (χ3n) is 5.52. The summed E-state index contributed by atoms with van der Waals surface area (Å²) in [7, 11) is 0. The van der Waals surface area contributed by atoms with E-state index in [2.05, 4.69) is 15.3 Å². The Morgan fingerprint density at radius 1 is 1.39 bits per heavy atom. The quantitative estimate of drug-likeness (QED) is 0.589. The Morgan fingerprint density at radius 3 is 3.00 bits per heavy atom. The van der Waals surface area contributed by atoms with Crippen LogP contribution in [0.1, 0.15) is 38.4 Å². The lowest BCUT2D eigenvalue weighted by Gasteiger charge is -2.36. The van der Waals surface area contributed by atoms with Crippen molar-refractivity contribution in [1.29, 1.82) is 0 Å². The summed E-state index contributed by atoms with van der Waals surface area (Å²) < 4.78 is 5.63. The average molecular weight is 404 g/mol. The highest BCUT2D eigenvalue weighted by atomic mass is 32.1. The highest BCUT2D eigenvalue weighted by molar-refractivity contribution is 7.17. The summed E-state index contributed by atoms with van der Waals surface area (Å²) in [6, 6.07) is 1.14. The Labute approximate surface area is 164 Å². The van der Waals surface area contributed by atoms with E-state index in [1.165, 1.54) is 11.3 Å². The maximum Gasteiger partial charge on any atom is 0.326 e. The first kappa shape index (κ1) is 18.6. The number of nitrogens with one attached hydrogen (secondary N) is 2. The van der Waals surface area contributed by atoms with Crippen molar-refractivity contribution >= 4 is 39.5 Å². The SMILES string of the molecule is C[C@@H]1CCCC[C@]12NC(=O)N(CC(=O)OCc1nc3ccsc3c(=O)[nH]1)C2=O. The van der Waals surface area contributed by atoms with E-state index >= 15 is 0 Å². The van der Waals surface area contributed by atoms with E-state index in [0.717, 1.165) is 24.2 Å². The van der Waals surface area contributed by atoms with E-state index in [4.69, 9.17) is 4.74 Å². The smallest absolute Gasteiger partial charge is 0.326 e. The molecular weight excluding hydrogens is 384 g/mol. The number of ether oxygens (including phenoxy) is 1. The Balaban J connectivity index is 1.41. The van der Waals surface area contributed by atoms with Gasteiger partial charge in [0.05, 0.1) is 5.52 Å². The Bertz CT molecular complexity index is 1010. The third kappa shape index (κ3) is 3.07. The molecule has 1 saturated heterocycles. The van der Waals surface area contributed by atoms with Crippen molar-refractivity contribution in [3.8, 4) is 0 Å². The second-order valence-electron chi connectivity index (χ2n) is 7.25. The van der Waals surface area contributed by atoms with Gasteiger partial charge in [0.15, 0.2) is 0 Å². The molecule has 2 aromatic heterocycles. The van der Waals surface area contributed by atoms with Crippen LogP contribution in [0.25, 0.3) is 10.2 Å². The zero-order chi connectivity index (χ0) is 19.9. The van der Waals surface area contributed by atoms with Crippen LogP contribution in [0.5, 0.6) is 0 Å². The molecule has 0 bridgehead atoms. The van der Waals surface area contributed by atoms with Crippen molar-refractivity contribution in [3.63, 3.8) is 0 Å². The fraction of sp³-hybridized carbons (Fsp3) is 0.500. The first-order chi connectivity index (χ1) is 13.4. The number of hydrogen-bond acceptors (Lipinski definition) is 7. The second-order valence-corrected chi connectivity index (χ2v) is 8.16. The van der Waals surface area contributed by atoms with E-state index < -0.39 is 24.1 Å². The van der Waals surface area contributed by atoms with Crippen molar-refractivity contribution < 1.29 is 19.1 Å². The summed E-state index contributed by atoms with van der Waals surface area (Å²) in [5.41, 5.74) is -0.678. The summed E-state index contributed by atoms with van der Waals surface area (Å²) in [6.07, 6.45) is 3.32. The van der Waals surface area contributed by atoms with Crippen LogP contribution in [-0.2, 0) is 20.9 Å². The van der Waals surface area contributed by atoms with Crippen LogP contribution < -0.4 is 10.9 Å². The van der Waals surface area contributed by atoms with Crippen LogP contribution in [-0.4, -0.2) is 44.9 Å². The highest BCUT2D eigenvalue weighted by Crippen LogP contribution is 2.38. The number of urea groups is 1. The van der Waals surface area contributed by atoms with E-state index in [0.29, 0.717) is 16.6 Å². The number of amides is 3. The molecule has 1 aliphatic carbocycles. The number of fused-ring (bicyclic) bond motifs is 1. The fourth-order valence-electron chi connectivity index (χ4n) is 3.95. The van der Waals surface area contributed by atoms with Gasteiger partial charge in [-0.2, -0.15) is 0 Å². The van der Waals surface area contributed by atoms with Crippen LogP contribution in [0.4, 0.5) is 4.79 Å². The summed E-state index contributed by atoms with van der Waals surface area (Å²) >= 11 is 1.28. The normalized spacial score (nSPS) is 24.8. The van der Waals surface area contributed by atoms with Gasteiger partial charge in [0.25, 0.3) is 11.5 Å². The van der Waals surface area contributed by atoms with Gasteiger partial charge in [0.1, 0.15) is 29.2 Å². The number of H-pyrrole nitrogens is 1. The second kappa shape index (κ2) is 7.01. The molecule has 4 rings (SSSR count). The number of aromatic amines is 1. The van der Waals surface area contributed by atoms with E-state index in [9.17, 15) is 19.2 Å². The summed E-state index contributed by atoms with van der Waals surface area (Å²) in [5, 5.41) is 4.55. The number of thiophene rings is 1. The number of aromatic nitrogens is 2. The number of imide groups is 1. The number of nitrogens with zero attached hydrogens (tertiary/aromatic N) is 2. The lowest BCUT2D eigenvalue weighted by molar-refractivity contribution is -0.149. The van der Waals surface area contributed by atoms with Crippen molar-refractivity contribution in [3.05, 3.63) is 27.6 Å². The molecule has 2 N–H and O–H groups in total. The van der Waals surface area contributed by atoms with Gasteiger partial charge in [-0.05, 0) is 30.2 Å². The molecule has 1 saturated carbocycles. The lowest BCUT2D eigenvalue weighted by atomic mass is 9.73. The van der Waals surface area contributed by atoms with Gasteiger partial charge in [-0.25, -0.2) is 9.78 Å². The Kier molecular flexibility index (Phi) is 4.66. The minimum atomic E-state index is -0.910. The average Bonchev–Trinajstić information content (AvgIpc) is 3.22. The Hall–Kier alpha value is -2.75. The summed E-state index contributed by atoms with van der Waals surface area (Å²) in [5.74, 6) is -0.880. The van der Waals surface area contributed by atoms with Crippen molar-refractivity contribution in [2.45, 2.75) is 44.8 Å². The first-order valence-corrected chi connectivity index (χ1v) is 10.0. The number of carbonyl (C=O) groups is 3. The predicted octanol–water partition coefficient (Wildman–Crippen LogP) is 1.53. The molecule has 28 heavy (non-hydrogen) atoms. The summed E-state index contributed by atoms with van der Waals surface area (Å²) in [4.78, 5) is 57.0. The lowest BCUT2D eigenvalue weighted by Crippen LogP contribution is -2.54. The molecule has 0 radical (unpaired) electrons. The standard InChI is InChI=1S/C18H20N4O5S/c1-10-4-2-3-6-18(10)16(25)22(17(26)21-18)8-13(23)27-9-12-19-11-5-7-28-14(11)15(24)20-12/h5,7,10H,2-4,6,8-9H2,1H3,(H,21,26)(H,19,20,24)/t10-,18+/m1/s1. The molecule has 1 aliphatic heterocycles. The van der Waals surface area contributed by atoms with E-state index in [1.54, 1.807) is 11.4 Å². The monoisotopic (exact) mass is 404 g/mol. The predicted molar refractivity (Wildman–Crippen MR) is 101 cm³/mol. The van der Waals surface area contributed by atoms with Gasteiger partial charge in [-0.3, -0.25) is 19.3 Å². The minimum absolute atomic E-state index is 0.0188. The van der Waals surface area contributed by atoms with E-state index in [1.807, 2.05) is 6.92 Å². The molecule has 148 valence electrons.